The molecule has 0 aliphatic carbocycles. The predicted molar refractivity (Wildman–Crippen MR) is 117 cm³/mol. The quantitative estimate of drug-likeness (QED) is 0.370. The van der Waals surface area contributed by atoms with Crippen LogP contribution in [0.5, 0.6) is 17.2 Å². The van der Waals surface area contributed by atoms with Crippen LogP contribution >= 0.6 is 0 Å². The van der Waals surface area contributed by atoms with Gasteiger partial charge in [0.05, 0.1) is 11.2 Å². The largest absolute Gasteiger partial charge is 0.508 e. The Bertz CT molecular complexity index is 1020. The smallest absolute Gasteiger partial charge is 0.189 e. The molecule has 1 unspecified atom stereocenters. The van der Waals surface area contributed by atoms with Gasteiger partial charge in [-0.25, -0.2) is 0 Å². The second-order valence-electron chi connectivity index (χ2n) is 8.47. The number of carbonyl (C=O) groups excluding carboxylic acids is 1. The minimum atomic E-state index is -1.06. The molecule has 1 aliphatic rings. The molecule has 0 radical (unpaired) electrons. The van der Waals surface area contributed by atoms with E-state index in [-0.39, 0.29) is 22.8 Å². The van der Waals surface area contributed by atoms with Gasteiger partial charge >= 0.3 is 0 Å². The van der Waals surface area contributed by atoms with Crippen molar-refractivity contribution in [1.29, 1.82) is 0 Å². The monoisotopic (exact) mass is 408 g/mol. The maximum Gasteiger partial charge on any atom is 0.189 e. The van der Waals surface area contributed by atoms with Gasteiger partial charge in [-0.05, 0) is 75.6 Å². The summed E-state index contributed by atoms with van der Waals surface area (Å²) in [5, 5.41) is 30.8. The van der Waals surface area contributed by atoms with Crippen LogP contribution in [-0.4, -0.2) is 32.8 Å². The molecule has 0 saturated heterocycles. The van der Waals surface area contributed by atoms with E-state index in [1.807, 2.05) is 26.0 Å². The summed E-state index contributed by atoms with van der Waals surface area (Å²) in [4.78, 5) is 12.7. The van der Waals surface area contributed by atoms with Gasteiger partial charge in [0, 0.05) is 12.0 Å². The number of hydrogen-bond donors (Lipinski definition) is 3. The van der Waals surface area contributed by atoms with Crippen LogP contribution < -0.4 is 4.74 Å². The van der Waals surface area contributed by atoms with Crippen molar-refractivity contribution >= 4 is 11.9 Å². The fourth-order valence-electron chi connectivity index (χ4n) is 3.35. The van der Waals surface area contributed by atoms with Crippen LogP contribution in [0.3, 0.4) is 0 Å². The first-order valence-electron chi connectivity index (χ1n) is 9.98. The topological polar surface area (TPSA) is 87.0 Å². The van der Waals surface area contributed by atoms with Crippen LogP contribution in [0.15, 0.2) is 48.1 Å². The molecular formula is C25H28O5. The molecular weight excluding hydrogens is 380 g/mol. The summed E-state index contributed by atoms with van der Waals surface area (Å²) in [5.74, 6) is 0.265. The average Bonchev–Trinajstić information content (AvgIpc) is 3.12. The number of aromatic hydroxyl groups is 2. The predicted octanol–water partition coefficient (Wildman–Crippen LogP) is 4.58. The number of phenols is 2. The van der Waals surface area contributed by atoms with E-state index < -0.39 is 11.7 Å². The highest BCUT2D eigenvalue weighted by molar-refractivity contribution is 6.09. The Kier molecular flexibility index (Phi) is 6.04. The van der Waals surface area contributed by atoms with Crippen LogP contribution in [0.4, 0.5) is 0 Å². The molecule has 3 N–H and O–H groups in total. The SMILES string of the molecule is CC(C)=CCc1cc(C=CC(=O)c2ccc3c(c2O)CC(C(C)(C)O)O3)ccc1O. The highest BCUT2D eigenvalue weighted by atomic mass is 16.5. The first kappa shape index (κ1) is 21.7. The fourth-order valence-corrected chi connectivity index (χ4v) is 3.35. The van der Waals surface area contributed by atoms with Crippen molar-refractivity contribution in [2.24, 2.45) is 0 Å². The van der Waals surface area contributed by atoms with Crippen LogP contribution in [-0.2, 0) is 12.8 Å². The third-order valence-corrected chi connectivity index (χ3v) is 5.21. The van der Waals surface area contributed by atoms with Crippen LogP contribution in [0, 0.1) is 0 Å². The summed E-state index contributed by atoms with van der Waals surface area (Å²) in [6, 6.07) is 8.36. The van der Waals surface area contributed by atoms with Crippen LogP contribution in [0.25, 0.3) is 6.08 Å². The van der Waals surface area contributed by atoms with Crippen molar-refractivity contribution in [2.75, 3.05) is 0 Å². The van der Waals surface area contributed by atoms with Crippen molar-refractivity contribution in [3.63, 3.8) is 0 Å². The lowest BCUT2D eigenvalue weighted by Gasteiger charge is -2.24. The van der Waals surface area contributed by atoms with Crippen LogP contribution in [0.1, 0.15) is 54.7 Å². The van der Waals surface area contributed by atoms with Gasteiger partial charge in [-0.1, -0.05) is 23.8 Å². The summed E-state index contributed by atoms with van der Waals surface area (Å²) < 4.78 is 5.71. The normalized spacial score (nSPS) is 15.7. The van der Waals surface area contributed by atoms with Gasteiger partial charge < -0.3 is 20.1 Å². The minimum absolute atomic E-state index is 0.108. The fraction of sp³-hybridized carbons (Fsp3) is 0.320. The van der Waals surface area contributed by atoms with Crippen molar-refractivity contribution < 1.29 is 24.9 Å². The first-order valence-corrected chi connectivity index (χ1v) is 9.98. The molecule has 158 valence electrons. The molecule has 0 bridgehead atoms. The number of phenolic OH excluding ortho intramolecular Hbond substituents is 2. The molecule has 30 heavy (non-hydrogen) atoms. The molecule has 2 aromatic carbocycles. The molecule has 5 heteroatoms. The van der Waals surface area contributed by atoms with E-state index in [0.717, 1.165) is 16.7 Å². The zero-order valence-corrected chi connectivity index (χ0v) is 17.8. The molecule has 1 aliphatic heterocycles. The van der Waals surface area contributed by atoms with E-state index in [9.17, 15) is 20.1 Å². The van der Waals surface area contributed by atoms with Crippen molar-refractivity contribution in [2.45, 2.75) is 52.2 Å². The van der Waals surface area contributed by atoms with Gasteiger partial charge in [0.2, 0.25) is 0 Å². The van der Waals surface area contributed by atoms with Crippen molar-refractivity contribution in [1.82, 2.24) is 0 Å². The lowest BCUT2D eigenvalue weighted by Crippen LogP contribution is -2.39. The van der Waals surface area contributed by atoms with E-state index in [4.69, 9.17) is 4.74 Å². The number of allylic oxidation sites excluding steroid dienone is 3. The average molecular weight is 408 g/mol. The summed E-state index contributed by atoms with van der Waals surface area (Å²) in [7, 11) is 0. The standard InChI is InChI=1S/C25H28O5/c1-15(2)5-8-17-13-16(6-10-20(17)26)7-11-21(27)18-9-12-22-19(24(18)28)14-23(30-22)25(3,4)29/h5-7,9-13,23,26,28-29H,8,14H2,1-4H3. The van der Waals surface area contributed by atoms with E-state index >= 15 is 0 Å². The number of aliphatic hydroxyl groups is 1. The van der Waals surface area contributed by atoms with Gasteiger partial charge in [-0.2, -0.15) is 0 Å². The molecule has 0 spiro atoms. The molecule has 0 saturated carbocycles. The number of carbonyl (C=O) groups is 1. The Balaban J connectivity index is 1.80. The molecule has 1 heterocycles. The van der Waals surface area contributed by atoms with Gasteiger partial charge in [-0.3, -0.25) is 4.79 Å². The number of fused-ring (bicyclic) bond motifs is 1. The maximum absolute atomic E-state index is 12.7. The van der Waals surface area contributed by atoms with E-state index in [1.54, 1.807) is 38.1 Å². The van der Waals surface area contributed by atoms with E-state index in [2.05, 4.69) is 0 Å². The Hall–Kier alpha value is -3.05. The van der Waals surface area contributed by atoms with Crippen LogP contribution in [0.2, 0.25) is 0 Å². The molecule has 0 aromatic heterocycles. The summed E-state index contributed by atoms with van der Waals surface area (Å²) in [6.07, 6.45) is 5.56. The lowest BCUT2D eigenvalue weighted by molar-refractivity contribution is -0.0229. The summed E-state index contributed by atoms with van der Waals surface area (Å²) in [6.45, 7) is 7.30. The molecule has 3 rings (SSSR count). The molecule has 5 nitrogen and oxygen atoms in total. The van der Waals surface area contributed by atoms with E-state index in [0.29, 0.717) is 24.2 Å². The minimum Gasteiger partial charge on any atom is -0.508 e. The summed E-state index contributed by atoms with van der Waals surface area (Å²) in [5.41, 5.74) is 2.39. The molecule has 2 aromatic rings. The zero-order valence-electron chi connectivity index (χ0n) is 17.8. The Morgan fingerprint density at radius 1 is 1.20 bits per heavy atom. The second-order valence-corrected chi connectivity index (χ2v) is 8.47. The van der Waals surface area contributed by atoms with Gasteiger partial charge in [0.15, 0.2) is 5.78 Å². The molecule has 0 amide bonds. The third kappa shape index (κ3) is 4.74. The first-order chi connectivity index (χ1) is 14.1. The van der Waals surface area contributed by atoms with Crippen molar-refractivity contribution in [3.8, 4) is 17.2 Å². The summed E-state index contributed by atoms with van der Waals surface area (Å²) >= 11 is 0. The Morgan fingerprint density at radius 2 is 1.93 bits per heavy atom. The van der Waals surface area contributed by atoms with E-state index in [1.165, 1.54) is 12.1 Å². The van der Waals surface area contributed by atoms with Gasteiger partial charge in [0.1, 0.15) is 23.4 Å². The number of rotatable bonds is 6. The molecule has 1 atom stereocenters. The highest BCUT2D eigenvalue weighted by Gasteiger charge is 2.37. The second kappa shape index (κ2) is 8.36. The number of ketones is 1. The highest BCUT2D eigenvalue weighted by Crippen LogP contribution is 2.40. The number of hydrogen-bond acceptors (Lipinski definition) is 5. The Morgan fingerprint density at radius 3 is 2.60 bits per heavy atom. The number of ether oxygens (including phenoxy) is 1. The third-order valence-electron chi connectivity index (χ3n) is 5.21. The zero-order chi connectivity index (χ0) is 22.1. The van der Waals surface area contributed by atoms with Gasteiger partial charge in [-0.15, -0.1) is 0 Å². The van der Waals surface area contributed by atoms with Gasteiger partial charge in [0.25, 0.3) is 0 Å². The molecule has 0 fully saturated rings. The Labute approximate surface area is 177 Å². The maximum atomic E-state index is 12.7. The lowest BCUT2D eigenvalue weighted by atomic mass is 9.95. The van der Waals surface area contributed by atoms with Crippen molar-refractivity contribution in [3.05, 3.63) is 70.3 Å². The number of benzene rings is 2.